The highest BCUT2D eigenvalue weighted by Gasteiger charge is 2.09. The zero-order valence-electron chi connectivity index (χ0n) is 10.7. The molecule has 0 amide bonds. The zero-order valence-corrected chi connectivity index (χ0v) is 11.5. The van der Waals surface area contributed by atoms with Crippen LogP contribution in [-0.4, -0.2) is 13.1 Å². The molecule has 5 heteroatoms. The Bertz CT molecular complexity index is 628. The number of benzene rings is 2. The van der Waals surface area contributed by atoms with Crippen molar-refractivity contribution in [1.82, 2.24) is 0 Å². The molecule has 0 heterocycles. The lowest BCUT2D eigenvalue weighted by Crippen LogP contribution is -2.02. The SMILES string of the molecule is COC(=O)c1ccc(OCc2cccc(F)c2)c(Cl)c1. The minimum absolute atomic E-state index is 0.190. The van der Waals surface area contributed by atoms with Crippen molar-refractivity contribution >= 4 is 17.6 Å². The summed E-state index contributed by atoms with van der Waals surface area (Å²) in [5.74, 6) is -0.370. The molecule has 0 saturated carbocycles. The average molecular weight is 295 g/mol. The van der Waals surface area contributed by atoms with Gasteiger partial charge in [0, 0.05) is 0 Å². The molecule has 2 aromatic carbocycles. The highest BCUT2D eigenvalue weighted by Crippen LogP contribution is 2.26. The summed E-state index contributed by atoms with van der Waals surface area (Å²) >= 11 is 6.02. The minimum Gasteiger partial charge on any atom is -0.487 e. The number of carbonyl (C=O) groups is 1. The minimum atomic E-state index is -0.469. The average Bonchev–Trinajstić information content (AvgIpc) is 2.45. The number of esters is 1. The van der Waals surface area contributed by atoms with Crippen LogP contribution in [0.25, 0.3) is 0 Å². The van der Waals surface area contributed by atoms with Gasteiger partial charge in [0.1, 0.15) is 18.2 Å². The van der Waals surface area contributed by atoms with Crippen molar-refractivity contribution in [1.29, 1.82) is 0 Å². The summed E-state index contributed by atoms with van der Waals surface area (Å²) in [7, 11) is 1.30. The first-order valence-electron chi connectivity index (χ1n) is 5.85. The molecule has 0 aliphatic rings. The summed E-state index contributed by atoms with van der Waals surface area (Å²) in [4.78, 5) is 11.3. The van der Waals surface area contributed by atoms with Crippen LogP contribution in [0, 0.1) is 5.82 Å². The molecule has 0 aromatic heterocycles. The number of rotatable bonds is 4. The molecule has 104 valence electrons. The van der Waals surface area contributed by atoms with E-state index in [9.17, 15) is 9.18 Å². The van der Waals surface area contributed by atoms with E-state index in [-0.39, 0.29) is 12.4 Å². The molecule has 0 fully saturated rings. The topological polar surface area (TPSA) is 35.5 Å². The molecule has 0 spiro atoms. The van der Waals surface area contributed by atoms with Crippen LogP contribution >= 0.6 is 11.6 Å². The number of methoxy groups -OCH3 is 1. The maximum atomic E-state index is 13.0. The largest absolute Gasteiger partial charge is 0.487 e. The van der Waals surface area contributed by atoms with Gasteiger partial charge in [-0.25, -0.2) is 9.18 Å². The summed E-state index contributed by atoms with van der Waals surface area (Å²) in [5, 5.41) is 0.296. The summed E-state index contributed by atoms with van der Waals surface area (Å²) in [6.07, 6.45) is 0. The van der Waals surface area contributed by atoms with Gasteiger partial charge in [-0.1, -0.05) is 23.7 Å². The molecule has 0 saturated heterocycles. The second kappa shape index (κ2) is 6.39. The van der Waals surface area contributed by atoms with Crippen molar-refractivity contribution in [3.05, 3.63) is 64.4 Å². The summed E-state index contributed by atoms with van der Waals surface area (Å²) < 4.78 is 23.1. The first kappa shape index (κ1) is 14.3. The van der Waals surface area contributed by atoms with Gasteiger partial charge in [0.25, 0.3) is 0 Å². The Morgan fingerprint density at radius 1 is 1.25 bits per heavy atom. The highest BCUT2D eigenvalue weighted by molar-refractivity contribution is 6.32. The predicted octanol–water partition coefficient (Wildman–Crippen LogP) is 3.84. The first-order valence-corrected chi connectivity index (χ1v) is 6.23. The molecule has 2 rings (SSSR count). The maximum Gasteiger partial charge on any atom is 0.337 e. The second-order valence-corrected chi connectivity index (χ2v) is 4.46. The fraction of sp³-hybridized carbons (Fsp3) is 0.133. The Kier molecular flexibility index (Phi) is 4.58. The van der Waals surface area contributed by atoms with Crippen molar-refractivity contribution in [2.45, 2.75) is 6.61 Å². The molecule has 20 heavy (non-hydrogen) atoms. The van der Waals surface area contributed by atoms with Gasteiger partial charge >= 0.3 is 5.97 Å². The number of carbonyl (C=O) groups excluding carboxylic acids is 1. The van der Waals surface area contributed by atoms with Crippen LogP contribution in [0.5, 0.6) is 5.75 Å². The van der Waals surface area contributed by atoms with Crippen molar-refractivity contribution < 1.29 is 18.7 Å². The molecule has 0 bridgehead atoms. The molecular weight excluding hydrogens is 283 g/mol. The second-order valence-electron chi connectivity index (χ2n) is 4.06. The van der Waals surface area contributed by atoms with Crippen molar-refractivity contribution in [3.8, 4) is 5.75 Å². The molecule has 0 unspecified atom stereocenters. The van der Waals surface area contributed by atoms with Gasteiger partial charge in [0.15, 0.2) is 0 Å². The van der Waals surface area contributed by atoms with Crippen LogP contribution < -0.4 is 4.74 Å². The fourth-order valence-electron chi connectivity index (χ4n) is 1.65. The van der Waals surface area contributed by atoms with Crippen LogP contribution in [0.4, 0.5) is 4.39 Å². The Hall–Kier alpha value is -2.07. The number of hydrogen-bond acceptors (Lipinski definition) is 3. The van der Waals surface area contributed by atoms with E-state index >= 15 is 0 Å². The summed E-state index contributed by atoms with van der Waals surface area (Å²) in [6, 6.07) is 10.7. The Balaban J connectivity index is 2.08. The van der Waals surface area contributed by atoms with Crippen LogP contribution in [0.1, 0.15) is 15.9 Å². The highest BCUT2D eigenvalue weighted by atomic mass is 35.5. The molecule has 0 radical (unpaired) electrons. The Morgan fingerprint density at radius 3 is 2.70 bits per heavy atom. The summed E-state index contributed by atoms with van der Waals surface area (Å²) in [5.41, 5.74) is 1.04. The number of halogens is 2. The van der Waals surface area contributed by atoms with Crippen molar-refractivity contribution in [2.24, 2.45) is 0 Å². The molecular formula is C15H12ClFO3. The van der Waals surface area contributed by atoms with Crippen molar-refractivity contribution in [2.75, 3.05) is 7.11 Å². The van der Waals surface area contributed by atoms with Gasteiger partial charge < -0.3 is 9.47 Å². The monoisotopic (exact) mass is 294 g/mol. The fourth-order valence-corrected chi connectivity index (χ4v) is 1.89. The standard InChI is InChI=1S/C15H12ClFO3/c1-19-15(18)11-5-6-14(13(16)8-11)20-9-10-3-2-4-12(17)7-10/h2-8H,9H2,1H3. The third-order valence-corrected chi connectivity index (χ3v) is 2.93. The number of hydrogen-bond donors (Lipinski definition) is 0. The van der Waals surface area contributed by atoms with E-state index < -0.39 is 5.97 Å². The van der Waals surface area contributed by atoms with Crippen LogP contribution in [-0.2, 0) is 11.3 Å². The van der Waals surface area contributed by atoms with Gasteiger partial charge in [-0.2, -0.15) is 0 Å². The van der Waals surface area contributed by atoms with Gasteiger partial charge in [-0.05, 0) is 35.9 Å². The summed E-state index contributed by atoms with van der Waals surface area (Å²) in [6.45, 7) is 0.190. The van der Waals surface area contributed by atoms with E-state index in [1.807, 2.05) is 0 Å². The quantitative estimate of drug-likeness (QED) is 0.804. The van der Waals surface area contributed by atoms with E-state index in [1.165, 1.54) is 25.3 Å². The molecule has 0 aliphatic carbocycles. The first-order chi connectivity index (χ1) is 9.60. The van der Waals surface area contributed by atoms with Gasteiger partial charge in [0.05, 0.1) is 17.7 Å². The van der Waals surface area contributed by atoms with E-state index in [0.29, 0.717) is 21.9 Å². The zero-order chi connectivity index (χ0) is 14.5. The predicted molar refractivity (Wildman–Crippen MR) is 73.5 cm³/mol. The third kappa shape index (κ3) is 3.48. The third-order valence-electron chi connectivity index (χ3n) is 2.64. The van der Waals surface area contributed by atoms with Gasteiger partial charge in [0.2, 0.25) is 0 Å². The normalized spacial score (nSPS) is 10.2. The number of ether oxygens (including phenoxy) is 2. The smallest absolute Gasteiger partial charge is 0.337 e. The van der Waals surface area contributed by atoms with Gasteiger partial charge in [-0.15, -0.1) is 0 Å². The van der Waals surface area contributed by atoms with Crippen LogP contribution in [0.2, 0.25) is 5.02 Å². The molecule has 3 nitrogen and oxygen atoms in total. The van der Waals surface area contributed by atoms with Gasteiger partial charge in [-0.3, -0.25) is 0 Å². The van der Waals surface area contributed by atoms with Crippen molar-refractivity contribution in [3.63, 3.8) is 0 Å². The van der Waals surface area contributed by atoms with Crippen LogP contribution in [0.15, 0.2) is 42.5 Å². The van der Waals surface area contributed by atoms with E-state index in [2.05, 4.69) is 4.74 Å². The van der Waals surface area contributed by atoms with E-state index in [1.54, 1.807) is 24.3 Å². The van der Waals surface area contributed by atoms with E-state index in [0.717, 1.165) is 0 Å². The Labute approximate surface area is 120 Å². The Morgan fingerprint density at radius 2 is 2.05 bits per heavy atom. The van der Waals surface area contributed by atoms with E-state index in [4.69, 9.17) is 16.3 Å². The van der Waals surface area contributed by atoms with Crippen LogP contribution in [0.3, 0.4) is 0 Å². The lowest BCUT2D eigenvalue weighted by atomic mass is 10.2. The molecule has 0 aliphatic heterocycles. The lowest BCUT2D eigenvalue weighted by molar-refractivity contribution is 0.0600. The lowest BCUT2D eigenvalue weighted by Gasteiger charge is -2.09. The molecule has 0 N–H and O–H groups in total. The maximum absolute atomic E-state index is 13.0. The molecule has 0 atom stereocenters. The molecule has 2 aromatic rings.